The Balaban J connectivity index is 1.63. The van der Waals surface area contributed by atoms with E-state index >= 15 is 0 Å². The highest BCUT2D eigenvalue weighted by Crippen LogP contribution is 2.25. The fraction of sp³-hybridized carbons (Fsp3) is 0.412. The van der Waals surface area contributed by atoms with Crippen LogP contribution >= 0.6 is 0 Å². The lowest BCUT2D eigenvalue weighted by atomic mass is 10.1. The van der Waals surface area contributed by atoms with Gasteiger partial charge in [-0.25, -0.2) is 4.98 Å². The summed E-state index contributed by atoms with van der Waals surface area (Å²) in [6.45, 7) is 5.22. The Morgan fingerprint density at radius 1 is 1.32 bits per heavy atom. The molecule has 116 valence electrons. The van der Waals surface area contributed by atoms with Crippen LogP contribution in [0.3, 0.4) is 0 Å². The molecule has 1 aromatic carbocycles. The second kappa shape index (κ2) is 6.22. The maximum atomic E-state index is 5.71. The lowest BCUT2D eigenvalue weighted by Crippen LogP contribution is -2.29. The molecule has 0 spiro atoms. The van der Waals surface area contributed by atoms with Gasteiger partial charge in [0.25, 0.3) is 0 Å². The van der Waals surface area contributed by atoms with Crippen molar-refractivity contribution in [3.8, 4) is 0 Å². The summed E-state index contributed by atoms with van der Waals surface area (Å²) in [6, 6.07) is 10.6. The smallest absolute Gasteiger partial charge is 0.221 e. The van der Waals surface area contributed by atoms with E-state index in [0.29, 0.717) is 11.9 Å². The fourth-order valence-corrected chi connectivity index (χ4v) is 3.16. The number of hydrogen-bond acceptors (Lipinski definition) is 5. The molecule has 5 nitrogen and oxygen atoms in total. The number of aryl methyl sites for hydroxylation is 1. The van der Waals surface area contributed by atoms with Crippen molar-refractivity contribution >= 4 is 17.5 Å². The molecule has 1 unspecified atom stereocenters. The summed E-state index contributed by atoms with van der Waals surface area (Å²) in [7, 11) is 2.08. The van der Waals surface area contributed by atoms with Crippen molar-refractivity contribution in [1.82, 2.24) is 9.97 Å². The molecule has 0 amide bonds. The molecule has 1 aliphatic heterocycles. The number of anilines is 3. The normalized spacial score (nSPS) is 17.7. The Labute approximate surface area is 131 Å². The number of rotatable bonds is 4. The van der Waals surface area contributed by atoms with Gasteiger partial charge in [0.1, 0.15) is 5.82 Å². The number of hydrogen-bond donors (Lipinski definition) is 1. The molecule has 0 saturated carbocycles. The first-order valence-electron chi connectivity index (χ1n) is 7.73. The molecule has 1 saturated heterocycles. The van der Waals surface area contributed by atoms with Gasteiger partial charge in [0.2, 0.25) is 5.95 Å². The average Bonchev–Trinajstić information content (AvgIpc) is 2.99. The predicted octanol–water partition coefficient (Wildman–Crippen LogP) is 2.33. The van der Waals surface area contributed by atoms with E-state index in [4.69, 9.17) is 5.73 Å². The van der Waals surface area contributed by atoms with Crippen LogP contribution < -0.4 is 15.5 Å². The zero-order valence-corrected chi connectivity index (χ0v) is 13.2. The van der Waals surface area contributed by atoms with Crippen LogP contribution in [0.15, 0.2) is 36.5 Å². The predicted molar refractivity (Wildman–Crippen MR) is 91.2 cm³/mol. The van der Waals surface area contributed by atoms with Gasteiger partial charge in [0.15, 0.2) is 0 Å². The summed E-state index contributed by atoms with van der Waals surface area (Å²) >= 11 is 0. The number of nitrogens with two attached hydrogens (primary N) is 1. The molecule has 2 aromatic rings. The maximum Gasteiger partial charge on any atom is 0.221 e. The minimum atomic E-state index is 0.338. The van der Waals surface area contributed by atoms with Crippen molar-refractivity contribution in [2.75, 3.05) is 42.2 Å². The van der Waals surface area contributed by atoms with Crippen molar-refractivity contribution < 1.29 is 0 Å². The minimum Gasteiger partial charge on any atom is -0.371 e. The van der Waals surface area contributed by atoms with Crippen LogP contribution in [0, 0.1) is 12.8 Å². The molecule has 0 aliphatic carbocycles. The summed E-state index contributed by atoms with van der Waals surface area (Å²) in [5.41, 5.74) is 8.09. The summed E-state index contributed by atoms with van der Waals surface area (Å²) < 4.78 is 0. The van der Waals surface area contributed by atoms with Crippen molar-refractivity contribution in [1.29, 1.82) is 0 Å². The Morgan fingerprint density at radius 3 is 2.86 bits per heavy atom. The van der Waals surface area contributed by atoms with Gasteiger partial charge >= 0.3 is 0 Å². The highest BCUT2D eigenvalue weighted by Gasteiger charge is 2.24. The van der Waals surface area contributed by atoms with E-state index in [1.165, 1.54) is 12.1 Å². The third-order valence-electron chi connectivity index (χ3n) is 4.26. The van der Waals surface area contributed by atoms with E-state index in [1.54, 1.807) is 6.20 Å². The van der Waals surface area contributed by atoms with Crippen molar-refractivity contribution in [3.05, 3.63) is 42.1 Å². The molecule has 2 N–H and O–H groups in total. The van der Waals surface area contributed by atoms with Crippen LogP contribution in [0.25, 0.3) is 0 Å². The van der Waals surface area contributed by atoms with Gasteiger partial charge in [-0.1, -0.05) is 18.2 Å². The van der Waals surface area contributed by atoms with Crippen LogP contribution in [-0.4, -0.2) is 36.6 Å². The van der Waals surface area contributed by atoms with E-state index in [1.807, 2.05) is 6.92 Å². The Morgan fingerprint density at radius 2 is 2.09 bits per heavy atom. The molecular formula is C17H23N5. The van der Waals surface area contributed by atoms with E-state index in [9.17, 15) is 0 Å². The molecular weight excluding hydrogens is 274 g/mol. The lowest BCUT2D eigenvalue weighted by Gasteiger charge is -2.24. The molecule has 5 heteroatoms. The third kappa shape index (κ3) is 3.13. The van der Waals surface area contributed by atoms with Gasteiger partial charge in [-0.15, -0.1) is 0 Å². The summed E-state index contributed by atoms with van der Waals surface area (Å²) in [6.07, 6.45) is 3.00. The molecule has 22 heavy (non-hydrogen) atoms. The summed E-state index contributed by atoms with van der Waals surface area (Å²) in [5, 5.41) is 0. The summed E-state index contributed by atoms with van der Waals surface area (Å²) in [5.74, 6) is 1.91. The highest BCUT2D eigenvalue weighted by molar-refractivity contribution is 5.49. The van der Waals surface area contributed by atoms with E-state index in [-0.39, 0.29) is 0 Å². The van der Waals surface area contributed by atoms with Crippen LogP contribution in [0.2, 0.25) is 0 Å². The largest absolute Gasteiger partial charge is 0.371 e. The first kappa shape index (κ1) is 14.6. The number of nitrogen functional groups attached to an aromatic ring is 1. The zero-order chi connectivity index (χ0) is 15.5. The van der Waals surface area contributed by atoms with Gasteiger partial charge in [0.05, 0.1) is 0 Å². The summed E-state index contributed by atoms with van der Waals surface area (Å²) in [4.78, 5) is 13.1. The van der Waals surface area contributed by atoms with Crippen molar-refractivity contribution in [2.24, 2.45) is 5.92 Å². The Kier molecular flexibility index (Phi) is 4.13. The maximum absolute atomic E-state index is 5.71. The topological polar surface area (TPSA) is 58.3 Å². The molecule has 0 bridgehead atoms. The van der Waals surface area contributed by atoms with E-state index < -0.39 is 0 Å². The van der Waals surface area contributed by atoms with Gasteiger partial charge in [-0.3, -0.25) is 0 Å². The van der Waals surface area contributed by atoms with Crippen LogP contribution in [-0.2, 0) is 0 Å². The quantitative estimate of drug-likeness (QED) is 0.938. The van der Waals surface area contributed by atoms with Crippen LogP contribution in [0.5, 0.6) is 0 Å². The molecule has 1 fully saturated rings. The third-order valence-corrected chi connectivity index (χ3v) is 4.26. The second-order valence-electron chi connectivity index (χ2n) is 6.05. The first-order chi connectivity index (χ1) is 10.6. The zero-order valence-electron chi connectivity index (χ0n) is 13.2. The minimum absolute atomic E-state index is 0.338. The average molecular weight is 297 g/mol. The first-order valence-corrected chi connectivity index (χ1v) is 7.73. The number of benzene rings is 1. The monoisotopic (exact) mass is 297 g/mol. The van der Waals surface area contributed by atoms with Gasteiger partial charge in [-0.2, -0.15) is 4.98 Å². The Bertz CT molecular complexity index is 628. The van der Waals surface area contributed by atoms with Crippen molar-refractivity contribution in [3.63, 3.8) is 0 Å². The number of nitrogens with zero attached hydrogens (tertiary/aromatic N) is 4. The molecule has 1 aromatic heterocycles. The van der Waals surface area contributed by atoms with Crippen LogP contribution in [0.4, 0.5) is 17.5 Å². The highest BCUT2D eigenvalue weighted by atomic mass is 15.2. The van der Waals surface area contributed by atoms with Gasteiger partial charge in [0, 0.05) is 44.1 Å². The molecule has 2 heterocycles. The molecule has 1 aliphatic rings. The van der Waals surface area contributed by atoms with Crippen LogP contribution in [0.1, 0.15) is 12.0 Å². The van der Waals surface area contributed by atoms with Crippen molar-refractivity contribution in [2.45, 2.75) is 13.3 Å². The molecule has 1 atom stereocenters. The standard InChI is InChI=1S/C17H23N5/c1-13-10-19-17(18)20-16(13)21(2)11-14-8-9-22(12-14)15-6-4-3-5-7-15/h3-7,10,14H,8-9,11-12H2,1-2H3,(H2,18,19,20). The molecule has 0 radical (unpaired) electrons. The fourth-order valence-electron chi connectivity index (χ4n) is 3.16. The van der Waals surface area contributed by atoms with Gasteiger partial charge < -0.3 is 15.5 Å². The van der Waals surface area contributed by atoms with E-state index in [0.717, 1.165) is 31.0 Å². The SMILES string of the molecule is Cc1cnc(N)nc1N(C)CC1CCN(c2ccccc2)C1. The number of aromatic nitrogens is 2. The lowest BCUT2D eigenvalue weighted by molar-refractivity contribution is 0.581. The Hall–Kier alpha value is -2.30. The van der Waals surface area contributed by atoms with Gasteiger partial charge in [-0.05, 0) is 31.4 Å². The number of para-hydroxylation sites is 1. The van der Waals surface area contributed by atoms with E-state index in [2.05, 4.69) is 57.1 Å². The second-order valence-corrected chi connectivity index (χ2v) is 6.05. The molecule has 3 rings (SSSR count).